The molecule has 0 spiro atoms. The summed E-state index contributed by atoms with van der Waals surface area (Å²) in [5.74, 6) is -0.311. The van der Waals surface area contributed by atoms with E-state index in [0.29, 0.717) is 5.69 Å². The third kappa shape index (κ3) is 2.10. The normalized spacial score (nSPS) is 12.8. The number of benzene rings is 1. The summed E-state index contributed by atoms with van der Waals surface area (Å²) in [6.45, 7) is 1.83. The first-order chi connectivity index (χ1) is 7.59. The Morgan fingerprint density at radius 1 is 1.50 bits per heavy atom. The number of para-hydroxylation sites is 1. The minimum atomic E-state index is -0.311. The van der Waals surface area contributed by atoms with Gasteiger partial charge in [0.1, 0.15) is 11.5 Å². The fourth-order valence-electron chi connectivity index (χ4n) is 1.56. The van der Waals surface area contributed by atoms with E-state index >= 15 is 0 Å². The summed E-state index contributed by atoms with van der Waals surface area (Å²) in [5, 5.41) is 4.10. The molecule has 0 saturated carbocycles. The Kier molecular flexibility index (Phi) is 3.25. The van der Waals surface area contributed by atoms with Crippen LogP contribution in [0.4, 0.5) is 4.39 Å². The van der Waals surface area contributed by atoms with Crippen molar-refractivity contribution in [1.29, 1.82) is 0 Å². The van der Waals surface area contributed by atoms with Gasteiger partial charge in [-0.25, -0.2) is 9.07 Å². The smallest absolute Gasteiger partial charge is 0.149 e. The van der Waals surface area contributed by atoms with Crippen LogP contribution in [0, 0.1) is 9.39 Å². The zero-order valence-electron chi connectivity index (χ0n) is 8.69. The van der Waals surface area contributed by atoms with E-state index < -0.39 is 0 Å². The summed E-state index contributed by atoms with van der Waals surface area (Å²) in [5.41, 5.74) is 7.00. The Labute approximate surface area is 107 Å². The Bertz CT molecular complexity index is 508. The second-order valence-electron chi connectivity index (χ2n) is 3.57. The molecule has 0 radical (unpaired) electrons. The van der Waals surface area contributed by atoms with Crippen molar-refractivity contribution in [1.82, 2.24) is 9.78 Å². The maximum absolute atomic E-state index is 13.8. The van der Waals surface area contributed by atoms with Gasteiger partial charge in [0.05, 0.1) is 9.77 Å². The van der Waals surface area contributed by atoms with Gasteiger partial charge in [-0.3, -0.25) is 0 Å². The van der Waals surface area contributed by atoms with Crippen LogP contribution in [0.25, 0.3) is 5.69 Å². The number of halogens is 2. The molecule has 0 aliphatic heterocycles. The number of hydrogen-bond acceptors (Lipinski definition) is 2. The third-order valence-electron chi connectivity index (χ3n) is 2.29. The largest absolute Gasteiger partial charge is 0.324 e. The lowest BCUT2D eigenvalue weighted by Gasteiger charge is -2.13. The predicted molar refractivity (Wildman–Crippen MR) is 68.8 cm³/mol. The van der Waals surface area contributed by atoms with Crippen LogP contribution in [0.3, 0.4) is 0 Å². The summed E-state index contributed by atoms with van der Waals surface area (Å²) in [6, 6.07) is 4.66. The van der Waals surface area contributed by atoms with Gasteiger partial charge in [0.25, 0.3) is 0 Å². The van der Waals surface area contributed by atoms with Crippen molar-refractivity contribution < 1.29 is 4.39 Å². The molecule has 3 nitrogen and oxygen atoms in total. The zero-order valence-corrected chi connectivity index (χ0v) is 10.8. The Morgan fingerprint density at radius 3 is 2.81 bits per heavy atom. The first-order valence-corrected chi connectivity index (χ1v) is 5.92. The average Bonchev–Trinajstić information content (AvgIpc) is 2.64. The van der Waals surface area contributed by atoms with Crippen molar-refractivity contribution in [3.8, 4) is 5.69 Å². The van der Waals surface area contributed by atoms with Crippen molar-refractivity contribution in [3.63, 3.8) is 0 Å². The van der Waals surface area contributed by atoms with Crippen molar-refractivity contribution in [2.75, 3.05) is 0 Å². The highest BCUT2D eigenvalue weighted by molar-refractivity contribution is 14.1. The fraction of sp³-hybridized carbons (Fsp3) is 0.182. The zero-order chi connectivity index (χ0) is 11.7. The van der Waals surface area contributed by atoms with Crippen LogP contribution in [0.2, 0.25) is 0 Å². The van der Waals surface area contributed by atoms with E-state index in [4.69, 9.17) is 5.73 Å². The van der Waals surface area contributed by atoms with E-state index in [9.17, 15) is 4.39 Å². The van der Waals surface area contributed by atoms with Crippen LogP contribution < -0.4 is 5.73 Å². The van der Waals surface area contributed by atoms with Crippen LogP contribution in [0.5, 0.6) is 0 Å². The Morgan fingerprint density at radius 2 is 2.25 bits per heavy atom. The van der Waals surface area contributed by atoms with Crippen molar-refractivity contribution in [2.24, 2.45) is 5.73 Å². The molecule has 84 valence electrons. The summed E-state index contributed by atoms with van der Waals surface area (Å²) < 4.78 is 16.3. The third-order valence-corrected chi connectivity index (χ3v) is 2.85. The number of rotatable bonds is 2. The molecule has 2 rings (SSSR count). The summed E-state index contributed by atoms with van der Waals surface area (Å²) >= 11 is 2.13. The molecular weight excluding hydrogens is 320 g/mol. The van der Waals surface area contributed by atoms with E-state index in [-0.39, 0.29) is 11.9 Å². The molecule has 0 unspecified atom stereocenters. The number of nitrogens with zero attached hydrogens (tertiary/aromatic N) is 2. The Balaban J connectivity index is 2.62. The van der Waals surface area contributed by atoms with Crippen LogP contribution in [0.1, 0.15) is 18.5 Å². The van der Waals surface area contributed by atoms with Gasteiger partial charge in [0, 0.05) is 12.2 Å². The molecule has 0 amide bonds. The summed E-state index contributed by atoms with van der Waals surface area (Å²) in [4.78, 5) is 0. The summed E-state index contributed by atoms with van der Waals surface area (Å²) in [7, 11) is 0. The molecule has 1 aromatic carbocycles. The second kappa shape index (κ2) is 4.50. The highest BCUT2D eigenvalue weighted by Crippen LogP contribution is 2.23. The molecule has 1 atom stereocenters. The lowest BCUT2D eigenvalue weighted by molar-refractivity contribution is 0.603. The molecule has 1 heterocycles. The molecule has 0 aliphatic carbocycles. The van der Waals surface area contributed by atoms with Gasteiger partial charge in [0.2, 0.25) is 0 Å². The van der Waals surface area contributed by atoms with Gasteiger partial charge in [-0.2, -0.15) is 5.10 Å². The minimum absolute atomic E-state index is 0.229. The molecule has 1 aromatic heterocycles. The molecule has 2 N–H and O–H groups in total. The number of hydrogen-bond donors (Lipinski definition) is 1. The highest BCUT2D eigenvalue weighted by atomic mass is 127. The van der Waals surface area contributed by atoms with E-state index in [1.165, 1.54) is 10.7 Å². The van der Waals surface area contributed by atoms with Crippen molar-refractivity contribution in [2.45, 2.75) is 13.0 Å². The van der Waals surface area contributed by atoms with E-state index in [1.807, 2.05) is 13.0 Å². The van der Waals surface area contributed by atoms with Crippen LogP contribution >= 0.6 is 22.6 Å². The standard InChI is InChI=1S/C11H11FIN3/c1-7(14)9-3-2-4-10(12)11(9)16-6-8(13)5-15-16/h2-7H,14H2,1H3/t7-/m0/s1. The second-order valence-corrected chi connectivity index (χ2v) is 4.82. The lowest BCUT2D eigenvalue weighted by atomic mass is 10.1. The molecule has 0 bridgehead atoms. The number of aromatic nitrogens is 2. The molecular formula is C11H11FIN3. The van der Waals surface area contributed by atoms with Gasteiger partial charge in [-0.15, -0.1) is 0 Å². The average molecular weight is 331 g/mol. The van der Waals surface area contributed by atoms with Gasteiger partial charge in [-0.1, -0.05) is 12.1 Å². The number of nitrogens with two attached hydrogens (primary N) is 1. The van der Waals surface area contributed by atoms with E-state index in [1.54, 1.807) is 18.5 Å². The summed E-state index contributed by atoms with van der Waals surface area (Å²) in [6.07, 6.45) is 3.45. The molecule has 16 heavy (non-hydrogen) atoms. The van der Waals surface area contributed by atoms with Crippen molar-refractivity contribution >= 4 is 22.6 Å². The van der Waals surface area contributed by atoms with E-state index in [0.717, 1.165) is 9.13 Å². The molecule has 5 heteroatoms. The molecule has 0 aliphatic rings. The molecule has 0 fully saturated rings. The highest BCUT2D eigenvalue weighted by Gasteiger charge is 2.14. The van der Waals surface area contributed by atoms with Gasteiger partial charge < -0.3 is 5.73 Å². The van der Waals surface area contributed by atoms with Crippen molar-refractivity contribution in [3.05, 3.63) is 45.5 Å². The molecule has 0 saturated heterocycles. The van der Waals surface area contributed by atoms with Crippen LogP contribution in [-0.4, -0.2) is 9.78 Å². The van der Waals surface area contributed by atoms with Crippen LogP contribution in [0.15, 0.2) is 30.6 Å². The van der Waals surface area contributed by atoms with Gasteiger partial charge in [-0.05, 0) is 41.1 Å². The van der Waals surface area contributed by atoms with Crippen LogP contribution in [-0.2, 0) is 0 Å². The fourth-order valence-corrected chi connectivity index (χ4v) is 1.95. The minimum Gasteiger partial charge on any atom is -0.324 e. The SMILES string of the molecule is C[C@H](N)c1cccc(F)c1-n1cc(I)cn1. The molecule has 2 aromatic rings. The Hall–Kier alpha value is -0.950. The first kappa shape index (κ1) is 11.5. The maximum Gasteiger partial charge on any atom is 0.149 e. The first-order valence-electron chi connectivity index (χ1n) is 4.84. The van der Waals surface area contributed by atoms with Gasteiger partial charge in [0.15, 0.2) is 0 Å². The predicted octanol–water partition coefficient (Wildman–Crippen LogP) is 2.64. The topological polar surface area (TPSA) is 43.8 Å². The quantitative estimate of drug-likeness (QED) is 0.860. The maximum atomic E-state index is 13.8. The lowest BCUT2D eigenvalue weighted by Crippen LogP contribution is -2.11. The van der Waals surface area contributed by atoms with Gasteiger partial charge >= 0.3 is 0 Å². The monoisotopic (exact) mass is 331 g/mol. The van der Waals surface area contributed by atoms with E-state index in [2.05, 4.69) is 27.7 Å².